The molecule has 24 heavy (non-hydrogen) atoms. The summed E-state index contributed by atoms with van der Waals surface area (Å²) in [6, 6.07) is 4.05. The fourth-order valence-corrected chi connectivity index (χ4v) is 4.17. The molecular formula is C16H25Cl2N3OS2. The lowest BCUT2D eigenvalue weighted by Crippen LogP contribution is -2.52. The number of aromatic nitrogens is 1. The molecule has 0 aliphatic carbocycles. The number of thiazole rings is 1. The summed E-state index contributed by atoms with van der Waals surface area (Å²) in [6.07, 6.45) is 1.17. The van der Waals surface area contributed by atoms with Gasteiger partial charge in [-0.25, -0.2) is 4.98 Å². The summed E-state index contributed by atoms with van der Waals surface area (Å²) in [5.74, 6) is 0.468. The summed E-state index contributed by atoms with van der Waals surface area (Å²) in [7, 11) is 0. The Labute approximate surface area is 164 Å². The molecule has 1 atom stereocenters. The molecule has 0 aliphatic rings. The minimum atomic E-state index is -0.349. The lowest BCUT2D eigenvalue weighted by molar-refractivity contribution is -0.122. The van der Waals surface area contributed by atoms with Gasteiger partial charge in [-0.2, -0.15) is 0 Å². The summed E-state index contributed by atoms with van der Waals surface area (Å²) in [5, 5.41) is 8.03. The molecule has 2 aromatic heterocycles. The molecule has 0 aromatic carbocycles. The average Bonchev–Trinajstić information content (AvgIpc) is 3.07. The Bertz CT molecular complexity index is 617. The van der Waals surface area contributed by atoms with Crippen LogP contribution in [0.4, 0.5) is 0 Å². The van der Waals surface area contributed by atoms with Crippen LogP contribution in [0, 0.1) is 5.92 Å². The smallest absolute Gasteiger partial charge is 0.226 e. The van der Waals surface area contributed by atoms with Crippen LogP contribution in [0.2, 0.25) is 0 Å². The largest absolute Gasteiger partial charge is 0.349 e. The van der Waals surface area contributed by atoms with Crippen molar-refractivity contribution in [2.75, 3.05) is 6.54 Å². The molecule has 4 nitrogen and oxygen atoms in total. The molecule has 2 rings (SSSR count). The molecule has 0 aliphatic heterocycles. The predicted octanol–water partition coefficient (Wildman–Crippen LogP) is 4.14. The number of amides is 1. The number of nitrogens with zero attached hydrogens (tertiary/aromatic N) is 1. The minimum absolute atomic E-state index is 0. The normalized spacial score (nSPS) is 12.9. The Morgan fingerprint density at radius 3 is 2.62 bits per heavy atom. The third kappa shape index (κ3) is 6.69. The molecule has 2 aromatic rings. The molecular weight excluding hydrogens is 385 g/mol. The molecule has 3 N–H and O–H groups in total. The molecule has 136 valence electrons. The second-order valence-corrected chi connectivity index (χ2v) is 8.01. The molecule has 0 saturated heterocycles. The number of thiophene rings is 1. The number of rotatable bonds is 7. The first-order valence-electron chi connectivity index (χ1n) is 7.41. The minimum Gasteiger partial charge on any atom is -0.349 e. The van der Waals surface area contributed by atoms with E-state index in [-0.39, 0.29) is 36.3 Å². The second-order valence-electron chi connectivity index (χ2n) is 6.21. The van der Waals surface area contributed by atoms with Gasteiger partial charge in [0.1, 0.15) is 5.01 Å². The van der Waals surface area contributed by atoms with Crippen molar-refractivity contribution in [3.05, 3.63) is 28.6 Å². The van der Waals surface area contributed by atoms with E-state index in [0.29, 0.717) is 18.9 Å². The van der Waals surface area contributed by atoms with Crippen LogP contribution >= 0.6 is 47.5 Å². The lowest BCUT2D eigenvalue weighted by atomic mass is 9.90. The Hall–Kier alpha value is -0.660. The van der Waals surface area contributed by atoms with Crippen molar-refractivity contribution in [3.8, 4) is 9.88 Å². The fourth-order valence-electron chi connectivity index (χ4n) is 2.53. The summed E-state index contributed by atoms with van der Waals surface area (Å²) < 4.78 is 0. The Kier molecular flexibility index (Phi) is 10.1. The van der Waals surface area contributed by atoms with Crippen molar-refractivity contribution < 1.29 is 4.79 Å². The van der Waals surface area contributed by atoms with E-state index in [0.717, 1.165) is 22.0 Å². The van der Waals surface area contributed by atoms with Crippen molar-refractivity contribution in [3.63, 3.8) is 0 Å². The number of hydrogen-bond donors (Lipinski definition) is 2. The molecule has 0 spiro atoms. The molecule has 1 amide bonds. The van der Waals surface area contributed by atoms with Gasteiger partial charge in [-0.05, 0) is 30.7 Å². The highest BCUT2D eigenvalue weighted by Crippen LogP contribution is 2.28. The highest BCUT2D eigenvalue weighted by atomic mass is 35.5. The summed E-state index contributed by atoms with van der Waals surface area (Å²) in [4.78, 5) is 18.0. The van der Waals surface area contributed by atoms with Crippen LogP contribution in [0.15, 0.2) is 22.9 Å². The van der Waals surface area contributed by atoms with E-state index in [1.54, 1.807) is 22.7 Å². The zero-order valence-corrected chi connectivity index (χ0v) is 17.3. The maximum atomic E-state index is 12.3. The highest BCUT2D eigenvalue weighted by molar-refractivity contribution is 7.20. The van der Waals surface area contributed by atoms with Crippen molar-refractivity contribution >= 4 is 53.4 Å². The molecule has 8 heteroatoms. The van der Waals surface area contributed by atoms with Gasteiger partial charge >= 0.3 is 0 Å². The van der Waals surface area contributed by atoms with E-state index in [9.17, 15) is 4.79 Å². The maximum absolute atomic E-state index is 12.3. The first kappa shape index (κ1) is 23.3. The van der Waals surface area contributed by atoms with Crippen LogP contribution in [0.5, 0.6) is 0 Å². The van der Waals surface area contributed by atoms with E-state index < -0.39 is 0 Å². The quantitative estimate of drug-likeness (QED) is 0.721. The lowest BCUT2D eigenvalue weighted by Gasteiger charge is -2.31. The van der Waals surface area contributed by atoms with E-state index in [1.807, 2.05) is 29.8 Å². The number of nitrogens with one attached hydrogen (secondary N) is 1. The van der Waals surface area contributed by atoms with E-state index in [1.165, 1.54) is 0 Å². The van der Waals surface area contributed by atoms with Crippen LogP contribution in [0.3, 0.4) is 0 Å². The predicted molar refractivity (Wildman–Crippen MR) is 109 cm³/mol. The van der Waals surface area contributed by atoms with Gasteiger partial charge in [0.05, 0.1) is 17.0 Å². The van der Waals surface area contributed by atoms with Gasteiger partial charge in [-0.1, -0.05) is 19.9 Å². The van der Waals surface area contributed by atoms with Gasteiger partial charge < -0.3 is 11.1 Å². The number of carbonyl (C=O) groups is 1. The number of hydrogen-bond acceptors (Lipinski definition) is 5. The maximum Gasteiger partial charge on any atom is 0.226 e. The van der Waals surface area contributed by atoms with Gasteiger partial charge in [0.25, 0.3) is 0 Å². The number of carbonyl (C=O) groups excluding carboxylic acids is 1. The van der Waals surface area contributed by atoms with E-state index in [4.69, 9.17) is 5.73 Å². The van der Waals surface area contributed by atoms with Crippen LogP contribution < -0.4 is 11.1 Å². The molecule has 0 radical (unpaired) electrons. The van der Waals surface area contributed by atoms with Crippen molar-refractivity contribution in [2.45, 2.75) is 39.2 Å². The van der Waals surface area contributed by atoms with Gasteiger partial charge in [0.2, 0.25) is 5.91 Å². The van der Waals surface area contributed by atoms with Gasteiger partial charge in [0.15, 0.2) is 0 Å². The molecule has 0 fully saturated rings. The van der Waals surface area contributed by atoms with Crippen LogP contribution in [0.1, 0.15) is 32.9 Å². The standard InChI is InChI=1S/C16H23N3OS2.2ClH/c1-11(2)8-16(3,10-17)19-14(20)7-12-9-22-15(18-12)13-5-4-6-21-13;;/h4-6,9,11H,7-8,10,17H2,1-3H3,(H,19,20);2*1H. The zero-order valence-electron chi connectivity index (χ0n) is 14.1. The van der Waals surface area contributed by atoms with Gasteiger partial charge in [-0.3, -0.25) is 4.79 Å². The number of halogens is 2. The molecule has 2 heterocycles. The summed E-state index contributed by atoms with van der Waals surface area (Å²) >= 11 is 3.24. The second kappa shape index (κ2) is 10.4. The molecule has 1 unspecified atom stereocenters. The highest BCUT2D eigenvalue weighted by Gasteiger charge is 2.26. The Morgan fingerprint density at radius 2 is 2.08 bits per heavy atom. The van der Waals surface area contributed by atoms with Crippen LogP contribution in [-0.4, -0.2) is 23.0 Å². The topological polar surface area (TPSA) is 68.0 Å². The molecule has 0 saturated carbocycles. The Balaban J connectivity index is 0.00000264. The fraction of sp³-hybridized carbons (Fsp3) is 0.500. The van der Waals surface area contributed by atoms with E-state index in [2.05, 4.69) is 24.1 Å². The Morgan fingerprint density at radius 1 is 1.38 bits per heavy atom. The van der Waals surface area contributed by atoms with E-state index >= 15 is 0 Å². The molecule has 0 bridgehead atoms. The zero-order chi connectivity index (χ0) is 16.2. The number of nitrogens with two attached hydrogens (primary N) is 1. The monoisotopic (exact) mass is 409 g/mol. The van der Waals surface area contributed by atoms with Crippen LogP contribution in [0.25, 0.3) is 9.88 Å². The van der Waals surface area contributed by atoms with Gasteiger partial charge in [-0.15, -0.1) is 47.5 Å². The first-order valence-corrected chi connectivity index (χ1v) is 9.17. The third-order valence-corrected chi connectivity index (χ3v) is 5.31. The van der Waals surface area contributed by atoms with Crippen molar-refractivity contribution in [1.82, 2.24) is 10.3 Å². The van der Waals surface area contributed by atoms with Crippen molar-refractivity contribution in [1.29, 1.82) is 0 Å². The average molecular weight is 410 g/mol. The van der Waals surface area contributed by atoms with Gasteiger partial charge in [0, 0.05) is 17.5 Å². The first-order chi connectivity index (χ1) is 10.4. The third-order valence-electron chi connectivity index (χ3n) is 3.38. The SMILES string of the molecule is CC(C)CC(C)(CN)NC(=O)Cc1csc(-c2cccs2)n1.Cl.Cl. The van der Waals surface area contributed by atoms with Crippen LogP contribution in [-0.2, 0) is 11.2 Å². The summed E-state index contributed by atoms with van der Waals surface area (Å²) in [6.45, 7) is 6.71. The summed E-state index contributed by atoms with van der Waals surface area (Å²) in [5.41, 5.74) is 6.30. The van der Waals surface area contributed by atoms with Crippen molar-refractivity contribution in [2.24, 2.45) is 11.7 Å².